The first-order chi connectivity index (χ1) is 16.1. The molecule has 0 saturated heterocycles. The molecule has 6 rings (SSSR count). The van der Waals surface area contributed by atoms with Gasteiger partial charge in [0.05, 0.1) is 0 Å². The Morgan fingerprint density at radius 3 is 1.38 bits per heavy atom. The van der Waals surface area contributed by atoms with Crippen molar-refractivity contribution in [2.45, 2.75) is 19.3 Å². The molecule has 0 atom stereocenters. The molecule has 4 aromatic carbocycles. The average Bonchev–Trinajstić information content (AvgIpc) is 3.36. The van der Waals surface area contributed by atoms with Gasteiger partial charge in [-0.2, -0.15) is 0 Å². The molecule has 2 aliphatic rings. The number of para-hydroxylation sites is 4. The van der Waals surface area contributed by atoms with Gasteiger partial charge in [-0.05, 0) is 36.7 Å². The maximum Gasteiger partial charge on any atom is 0.0124 e. The second kappa shape index (κ2) is 10.4. The number of nitrogens with zero attached hydrogens (tertiary/aromatic N) is 3. The molecule has 0 fully saturated rings. The zero-order chi connectivity index (χ0) is 22.7. The van der Waals surface area contributed by atoms with Crippen LogP contribution in [0, 0.1) is 6.67 Å². The quantitative estimate of drug-likeness (QED) is 0.165. The molecule has 34 heavy (non-hydrogen) atoms. The third kappa shape index (κ3) is 4.83. The van der Waals surface area contributed by atoms with Crippen LogP contribution in [0.2, 0.25) is 0 Å². The summed E-state index contributed by atoms with van der Waals surface area (Å²) >= 11 is 0. The molecule has 4 aromatic rings. The molecule has 1 radical (unpaired) electrons. The van der Waals surface area contributed by atoms with E-state index in [1.54, 1.807) is 0 Å². The standard InChI is InChI=1S/C15H13N2.C15H14N.Au/c1-3-7-14(8-4-1)16-11-12-17(13-16)15-9-5-2-6-10-15;1-15(2)11-7-3-5-9-13(11)16-14-10-6-4-8-12(14)15;/h1-13H;3-10H,1-2H3;/q2*-1;. The number of hydrogen-bond donors (Lipinski definition) is 0. The molecule has 175 valence electrons. The minimum absolute atomic E-state index is 0. The third-order valence-corrected chi connectivity index (χ3v) is 6.14. The van der Waals surface area contributed by atoms with Gasteiger partial charge in [0.25, 0.3) is 0 Å². The monoisotopic (exact) mass is 626 g/mol. The zero-order valence-corrected chi connectivity index (χ0v) is 21.4. The SMILES string of the molecule is C1=CN(c2ccccc2)[CH-]N1c1ccccc1.CC1(C)c2ccccc2[N-]c2ccccc21.[Au]. The van der Waals surface area contributed by atoms with Crippen molar-refractivity contribution >= 4 is 22.7 Å². The fourth-order valence-electron chi connectivity index (χ4n) is 4.33. The van der Waals surface area contributed by atoms with Crippen molar-refractivity contribution in [1.82, 2.24) is 0 Å². The molecule has 0 bridgehead atoms. The van der Waals surface area contributed by atoms with Gasteiger partial charge >= 0.3 is 0 Å². The molecule has 0 saturated carbocycles. The van der Waals surface area contributed by atoms with Gasteiger partial charge in [-0.15, -0.1) is 18.0 Å². The molecule has 2 aliphatic heterocycles. The van der Waals surface area contributed by atoms with E-state index >= 15 is 0 Å². The Hall–Kier alpha value is -3.24. The molecule has 3 nitrogen and oxygen atoms in total. The van der Waals surface area contributed by atoms with Gasteiger partial charge in [-0.1, -0.05) is 110 Å². The van der Waals surface area contributed by atoms with Crippen LogP contribution in [-0.2, 0) is 27.8 Å². The van der Waals surface area contributed by atoms with Crippen molar-refractivity contribution in [3.8, 4) is 0 Å². The summed E-state index contributed by atoms with van der Waals surface area (Å²) in [5.41, 5.74) is 7.22. The maximum atomic E-state index is 4.70. The van der Waals surface area contributed by atoms with Crippen LogP contribution < -0.4 is 9.80 Å². The van der Waals surface area contributed by atoms with Crippen molar-refractivity contribution in [1.29, 1.82) is 0 Å². The summed E-state index contributed by atoms with van der Waals surface area (Å²) in [6, 6.07) is 37.4. The van der Waals surface area contributed by atoms with Crippen molar-refractivity contribution in [3.05, 3.63) is 145 Å². The van der Waals surface area contributed by atoms with Crippen LogP contribution in [0.25, 0.3) is 5.32 Å². The molecule has 0 N–H and O–H groups in total. The van der Waals surface area contributed by atoms with Crippen LogP contribution in [0.5, 0.6) is 0 Å². The molecular weight excluding hydrogens is 599 g/mol. The number of rotatable bonds is 2. The van der Waals surface area contributed by atoms with Crippen molar-refractivity contribution in [3.63, 3.8) is 0 Å². The fraction of sp³-hybridized carbons (Fsp3) is 0.100. The Bertz CT molecular complexity index is 1160. The molecule has 0 aromatic heterocycles. The molecule has 0 unspecified atom stereocenters. The molecule has 4 heteroatoms. The van der Waals surface area contributed by atoms with E-state index in [1.807, 2.05) is 48.5 Å². The average molecular weight is 627 g/mol. The summed E-state index contributed by atoms with van der Waals surface area (Å²) in [4.78, 5) is 4.21. The zero-order valence-electron chi connectivity index (χ0n) is 19.3. The van der Waals surface area contributed by atoms with E-state index in [0.717, 1.165) is 11.4 Å². The van der Waals surface area contributed by atoms with Gasteiger partial charge < -0.3 is 15.1 Å². The Morgan fingerprint density at radius 2 is 0.941 bits per heavy atom. The van der Waals surface area contributed by atoms with Crippen molar-refractivity contribution in [2.75, 3.05) is 9.80 Å². The first kappa shape index (κ1) is 23.9. The van der Waals surface area contributed by atoms with Crippen LogP contribution in [0.15, 0.2) is 122 Å². The number of benzene rings is 4. The summed E-state index contributed by atoms with van der Waals surface area (Å²) < 4.78 is 0. The molecule has 0 aliphatic carbocycles. The summed E-state index contributed by atoms with van der Waals surface area (Å²) in [6.45, 7) is 6.60. The Morgan fingerprint density at radius 1 is 0.559 bits per heavy atom. The van der Waals surface area contributed by atoms with Gasteiger partial charge in [0, 0.05) is 39.2 Å². The Kier molecular flexibility index (Phi) is 7.28. The van der Waals surface area contributed by atoms with E-state index in [0.29, 0.717) is 0 Å². The van der Waals surface area contributed by atoms with Gasteiger partial charge in [0.1, 0.15) is 0 Å². The third-order valence-electron chi connectivity index (χ3n) is 6.14. The van der Waals surface area contributed by atoms with E-state index in [-0.39, 0.29) is 27.8 Å². The second-order valence-electron chi connectivity index (χ2n) is 8.67. The largest absolute Gasteiger partial charge is 0.657 e. The summed E-state index contributed by atoms with van der Waals surface area (Å²) in [5.74, 6) is 0. The van der Waals surface area contributed by atoms with E-state index in [9.17, 15) is 0 Å². The van der Waals surface area contributed by atoms with Crippen molar-refractivity contribution < 1.29 is 22.4 Å². The minimum atomic E-state index is 0. The van der Waals surface area contributed by atoms with E-state index in [2.05, 4.69) is 103 Å². The number of hydrogen-bond acceptors (Lipinski definition) is 2. The predicted molar refractivity (Wildman–Crippen MR) is 139 cm³/mol. The smallest absolute Gasteiger partial charge is 0.0124 e. The van der Waals surface area contributed by atoms with Crippen molar-refractivity contribution in [2.24, 2.45) is 0 Å². The molecule has 2 heterocycles. The first-order valence-corrected chi connectivity index (χ1v) is 11.2. The van der Waals surface area contributed by atoms with E-state index in [1.165, 1.54) is 22.5 Å². The normalized spacial score (nSPS) is 14.6. The van der Waals surface area contributed by atoms with Crippen LogP contribution in [0.3, 0.4) is 0 Å². The summed E-state index contributed by atoms with van der Waals surface area (Å²) in [6.07, 6.45) is 4.12. The molecule has 0 spiro atoms. The Labute approximate surface area is 218 Å². The van der Waals surface area contributed by atoms with Crippen LogP contribution >= 0.6 is 0 Å². The number of fused-ring (bicyclic) bond motifs is 2. The van der Waals surface area contributed by atoms with E-state index < -0.39 is 0 Å². The van der Waals surface area contributed by atoms with Crippen LogP contribution in [0.4, 0.5) is 22.7 Å². The van der Waals surface area contributed by atoms with Crippen LogP contribution in [-0.4, -0.2) is 0 Å². The maximum absolute atomic E-state index is 4.70. The van der Waals surface area contributed by atoms with Gasteiger partial charge in [0.15, 0.2) is 0 Å². The first-order valence-electron chi connectivity index (χ1n) is 11.2. The number of anilines is 2. The van der Waals surface area contributed by atoms with Gasteiger partial charge in [0.2, 0.25) is 0 Å². The molecular formula is C30H27AuN3-2. The van der Waals surface area contributed by atoms with Gasteiger partial charge in [-0.25, -0.2) is 0 Å². The predicted octanol–water partition coefficient (Wildman–Crippen LogP) is 8.26. The summed E-state index contributed by atoms with van der Waals surface area (Å²) in [5, 5.41) is 4.70. The minimum Gasteiger partial charge on any atom is -0.657 e. The van der Waals surface area contributed by atoms with E-state index in [4.69, 9.17) is 5.32 Å². The molecule has 0 amide bonds. The summed E-state index contributed by atoms with van der Waals surface area (Å²) in [7, 11) is 0. The topological polar surface area (TPSA) is 20.6 Å². The Balaban J connectivity index is 0.000000157. The fourth-order valence-corrected chi connectivity index (χ4v) is 4.33. The van der Waals surface area contributed by atoms with Gasteiger partial charge in [-0.3, -0.25) is 0 Å². The second-order valence-corrected chi connectivity index (χ2v) is 8.67. The van der Waals surface area contributed by atoms with Crippen LogP contribution in [0.1, 0.15) is 25.0 Å².